The van der Waals surface area contributed by atoms with Crippen LogP contribution in [-0.4, -0.2) is 65.1 Å². The van der Waals surface area contributed by atoms with E-state index in [1.807, 2.05) is 77.6 Å². The molecule has 1 saturated heterocycles. The van der Waals surface area contributed by atoms with Crippen LogP contribution in [0, 0.1) is 6.92 Å². The lowest BCUT2D eigenvalue weighted by Crippen LogP contribution is -2.48. The maximum Gasteiger partial charge on any atom is 0.242 e. The van der Waals surface area contributed by atoms with E-state index < -0.39 is 0 Å². The van der Waals surface area contributed by atoms with Crippen LogP contribution in [0.4, 0.5) is 5.82 Å². The van der Waals surface area contributed by atoms with Gasteiger partial charge >= 0.3 is 0 Å². The summed E-state index contributed by atoms with van der Waals surface area (Å²) < 4.78 is 7.29. The minimum Gasteiger partial charge on any atom is -0.378 e. The molecule has 1 atom stereocenters. The third-order valence-corrected chi connectivity index (χ3v) is 9.49. The molecular formula is C29H27ClN4O3S2. The molecule has 0 spiro atoms. The normalized spacial score (nSPS) is 17.7. The fourth-order valence-electron chi connectivity index (χ4n) is 5.06. The molecule has 2 aromatic heterocycles. The third-order valence-electron chi connectivity index (χ3n) is 7.03. The van der Waals surface area contributed by atoms with Crippen LogP contribution in [0.1, 0.15) is 21.9 Å². The van der Waals surface area contributed by atoms with Gasteiger partial charge in [-0.05, 0) is 41.6 Å². The first kappa shape index (κ1) is 26.1. The SMILES string of the molecule is Cc1ccccc1-n1nc(-c2cccs2)c2c1N(CC(=O)N1CCOCC1)C(=O)CSC2c1ccccc1Cl. The van der Waals surface area contributed by atoms with Crippen LogP contribution in [0.15, 0.2) is 66.0 Å². The number of hydrogen-bond acceptors (Lipinski definition) is 6. The number of ether oxygens (including phenoxy) is 1. The van der Waals surface area contributed by atoms with Gasteiger partial charge in [0.15, 0.2) is 0 Å². The number of amides is 2. The van der Waals surface area contributed by atoms with E-state index in [9.17, 15) is 9.59 Å². The number of para-hydroxylation sites is 1. The largest absolute Gasteiger partial charge is 0.378 e. The number of thiophene rings is 1. The Morgan fingerprint density at radius 2 is 1.85 bits per heavy atom. The number of benzene rings is 2. The monoisotopic (exact) mass is 578 g/mol. The summed E-state index contributed by atoms with van der Waals surface area (Å²) in [6.07, 6.45) is 0. The maximum absolute atomic E-state index is 13.9. The number of carbonyl (C=O) groups excluding carboxylic acids is 2. The fraction of sp³-hybridized carbons (Fsp3) is 0.276. The van der Waals surface area contributed by atoms with Crippen molar-refractivity contribution in [1.29, 1.82) is 0 Å². The summed E-state index contributed by atoms with van der Waals surface area (Å²) >= 11 is 9.87. The van der Waals surface area contributed by atoms with E-state index in [1.165, 1.54) is 11.8 Å². The molecule has 200 valence electrons. The molecule has 6 rings (SSSR count). The van der Waals surface area contributed by atoms with Crippen molar-refractivity contribution in [2.75, 3.05) is 43.5 Å². The summed E-state index contributed by atoms with van der Waals surface area (Å²) in [5.41, 5.74) is 4.47. The number of rotatable bonds is 5. The summed E-state index contributed by atoms with van der Waals surface area (Å²) in [7, 11) is 0. The molecule has 2 aliphatic rings. The van der Waals surface area contributed by atoms with Crippen molar-refractivity contribution in [2.24, 2.45) is 0 Å². The Morgan fingerprint density at radius 1 is 1.08 bits per heavy atom. The van der Waals surface area contributed by atoms with Crippen LogP contribution >= 0.6 is 34.7 Å². The standard InChI is InChI=1S/C29H27ClN4O3S2/c1-19-7-2-5-10-22(19)34-29-26(27(31-34)23-11-6-16-38-23)28(20-8-3-4-9-21(20)30)39-18-25(36)33(29)17-24(35)32-12-14-37-15-13-32/h2-11,16,28H,12-15,17-18H2,1H3. The van der Waals surface area contributed by atoms with E-state index in [1.54, 1.807) is 21.1 Å². The average Bonchev–Trinajstić information content (AvgIpc) is 3.59. The molecule has 4 heterocycles. The Balaban J connectivity index is 1.59. The molecule has 0 N–H and O–H groups in total. The molecule has 0 radical (unpaired) electrons. The van der Waals surface area contributed by atoms with E-state index >= 15 is 0 Å². The Labute approximate surface area is 240 Å². The van der Waals surface area contributed by atoms with Crippen molar-refractivity contribution in [1.82, 2.24) is 14.7 Å². The second-order valence-corrected chi connectivity index (χ2v) is 11.9. The van der Waals surface area contributed by atoms with Crippen molar-refractivity contribution < 1.29 is 14.3 Å². The molecule has 2 amide bonds. The van der Waals surface area contributed by atoms with Gasteiger partial charge < -0.3 is 9.64 Å². The number of carbonyl (C=O) groups is 2. The lowest BCUT2D eigenvalue weighted by atomic mass is 10.0. The second-order valence-electron chi connectivity index (χ2n) is 9.45. The van der Waals surface area contributed by atoms with Gasteiger partial charge in [-0.25, -0.2) is 4.68 Å². The molecular weight excluding hydrogens is 552 g/mol. The molecule has 2 aromatic carbocycles. The number of morpholine rings is 1. The summed E-state index contributed by atoms with van der Waals surface area (Å²) in [5.74, 6) is 0.589. The summed E-state index contributed by atoms with van der Waals surface area (Å²) in [4.78, 5) is 31.8. The second kappa shape index (κ2) is 11.2. The first-order valence-corrected chi connectivity index (χ1v) is 15.1. The predicted molar refractivity (Wildman–Crippen MR) is 157 cm³/mol. The first-order chi connectivity index (χ1) is 19.0. The van der Waals surface area contributed by atoms with Crippen LogP contribution in [0.2, 0.25) is 5.02 Å². The van der Waals surface area contributed by atoms with Crippen molar-refractivity contribution in [3.63, 3.8) is 0 Å². The van der Waals surface area contributed by atoms with Gasteiger partial charge in [0.2, 0.25) is 11.8 Å². The Morgan fingerprint density at radius 3 is 2.59 bits per heavy atom. The average molecular weight is 579 g/mol. The number of fused-ring (bicyclic) bond motifs is 1. The Bertz CT molecular complexity index is 1510. The van der Waals surface area contributed by atoms with Crippen LogP contribution in [-0.2, 0) is 14.3 Å². The van der Waals surface area contributed by atoms with Crippen LogP contribution in [0.5, 0.6) is 0 Å². The number of nitrogens with zero attached hydrogens (tertiary/aromatic N) is 4. The van der Waals surface area contributed by atoms with Crippen LogP contribution in [0.3, 0.4) is 0 Å². The minimum absolute atomic E-state index is 0.0664. The van der Waals surface area contributed by atoms with Gasteiger partial charge in [0.1, 0.15) is 18.1 Å². The number of hydrogen-bond donors (Lipinski definition) is 0. The van der Waals surface area contributed by atoms with E-state index in [0.717, 1.165) is 32.9 Å². The molecule has 0 aliphatic carbocycles. The van der Waals surface area contributed by atoms with E-state index in [0.29, 0.717) is 37.1 Å². The van der Waals surface area contributed by atoms with Gasteiger partial charge in [-0.3, -0.25) is 14.5 Å². The van der Waals surface area contributed by atoms with E-state index in [2.05, 4.69) is 0 Å². The maximum atomic E-state index is 13.9. The highest BCUT2D eigenvalue weighted by Crippen LogP contribution is 2.50. The summed E-state index contributed by atoms with van der Waals surface area (Å²) in [5, 5.41) is 7.55. The minimum atomic E-state index is -0.254. The molecule has 39 heavy (non-hydrogen) atoms. The van der Waals surface area contributed by atoms with Gasteiger partial charge in [0.25, 0.3) is 0 Å². The highest BCUT2D eigenvalue weighted by molar-refractivity contribution is 8.00. The topological polar surface area (TPSA) is 67.7 Å². The predicted octanol–water partition coefficient (Wildman–Crippen LogP) is 5.59. The lowest BCUT2D eigenvalue weighted by Gasteiger charge is -2.30. The van der Waals surface area contributed by atoms with Gasteiger partial charge in [0.05, 0.1) is 34.8 Å². The fourth-order valence-corrected chi connectivity index (χ4v) is 7.33. The Hall–Kier alpha value is -3.11. The third kappa shape index (κ3) is 5.00. The molecule has 4 aromatic rings. The molecule has 0 bridgehead atoms. The van der Waals surface area contributed by atoms with E-state index in [-0.39, 0.29) is 29.4 Å². The van der Waals surface area contributed by atoms with Crippen LogP contribution in [0.25, 0.3) is 16.3 Å². The number of aromatic nitrogens is 2. The molecule has 2 aliphatic heterocycles. The zero-order chi connectivity index (χ0) is 26.9. The number of thioether (sulfide) groups is 1. The van der Waals surface area contributed by atoms with Crippen molar-refractivity contribution >= 4 is 52.3 Å². The zero-order valence-corrected chi connectivity index (χ0v) is 23.8. The number of halogens is 1. The van der Waals surface area contributed by atoms with Crippen molar-refractivity contribution in [2.45, 2.75) is 12.2 Å². The Kier molecular flexibility index (Phi) is 7.49. The van der Waals surface area contributed by atoms with Gasteiger partial charge in [0, 0.05) is 23.7 Å². The highest BCUT2D eigenvalue weighted by atomic mass is 35.5. The lowest BCUT2D eigenvalue weighted by molar-refractivity contribution is -0.134. The van der Waals surface area contributed by atoms with Crippen LogP contribution < -0.4 is 4.90 Å². The number of anilines is 1. The molecule has 1 unspecified atom stereocenters. The molecule has 7 nitrogen and oxygen atoms in total. The van der Waals surface area contributed by atoms with Crippen molar-refractivity contribution in [3.8, 4) is 16.3 Å². The molecule has 1 fully saturated rings. The van der Waals surface area contributed by atoms with Gasteiger partial charge in [-0.2, -0.15) is 5.10 Å². The summed E-state index contributed by atoms with van der Waals surface area (Å²) in [6.45, 7) is 3.99. The van der Waals surface area contributed by atoms with Crippen molar-refractivity contribution in [3.05, 3.63) is 87.8 Å². The highest BCUT2D eigenvalue weighted by Gasteiger charge is 2.39. The quantitative estimate of drug-likeness (QED) is 0.309. The smallest absolute Gasteiger partial charge is 0.242 e. The zero-order valence-electron chi connectivity index (χ0n) is 21.4. The van der Waals surface area contributed by atoms with Gasteiger partial charge in [-0.15, -0.1) is 23.1 Å². The molecule has 10 heteroatoms. The molecule has 0 saturated carbocycles. The summed E-state index contributed by atoms with van der Waals surface area (Å²) in [6, 6.07) is 19.8. The number of aryl methyl sites for hydroxylation is 1. The van der Waals surface area contributed by atoms with E-state index in [4.69, 9.17) is 21.4 Å². The first-order valence-electron chi connectivity index (χ1n) is 12.8. The van der Waals surface area contributed by atoms with Gasteiger partial charge in [-0.1, -0.05) is 54.1 Å².